The zero-order chi connectivity index (χ0) is 32.4. The molecule has 1 saturated carbocycles. The molecule has 2 aromatic heterocycles. The van der Waals surface area contributed by atoms with Crippen molar-refractivity contribution < 1.29 is 28.0 Å². The van der Waals surface area contributed by atoms with Crippen molar-refractivity contribution in [3.8, 4) is 11.4 Å². The van der Waals surface area contributed by atoms with Crippen LogP contribution in [0, 0.1) is 17.6 Å². The molecule has 242 valence electrons. The molecule has 4 heterocycles. The van der Waals surface area contributed by atoms with Crippen molar-refractivity contribution >= 4 is 41.2 Å². The molecule has 0 spiro atoms. The molecule has 5 amide bonds. The van der Waals surface area contributed by atoms with Gasteiger partial charge in [0.1, 0.15) is 23.3 Å². The summed E-state index contributed by atoms with van der Waals surface area (Å²) >= 11 is 5.84. The number of rotatable bonds is 5. The summed E-state index contributed by atoms with van der Waals surface area (Å²) in [6.07, 6.45) is 6.00. The van der Waals surface area contributed by atoms with Crippen molar-refractivity contribution in [3.05, 3.63) is 65.1 Å². The second kappa shape index (κ2) is 13.4. The molecule has 0 unspecified atom stereocenters. The molecule has 2 fully saturated rings. The lowest BCUT2D eigenvalue weighted by Crippen LogP contribution is -2.59. The van der Waals surface area contributed by atoms with E-state index in [1.165, 1.54) is 30.5 Å². The fraction of sp³-hybridized carbons (Fsp3) is 0.419. The van der Waals surface area contributed by atoms with Crippen LogP contribution in [-0.4, -0.2) is 79.8 Å². The lowest BCUT2D eigenvalue weighted by molar-refractivity contribution is -0.138. The first-order valence-corrected chi connectivity index (χ1v) is 15.6. The number of aromatic nitrogens is 3. The highest BCUT2D eigenvalue weighted by atomic mass is 35.5. The van der Waals surface area contributed by atoms with Gasteiger partial charge < -0.3 is 30.3 Å². The van der Waals surface area contributed by atoms with Crippen molar-refractivity contribution in [2.75, 3.05) is 25.0 Å². The predicted molar refractivity (Wildman–Crippen MR) is 163 cm³/mol. The Balaban J connectivity index is 1.14. The van der Waals surface area contributed by atoms with Gasteiger partial charge in [-0.05, 0) is 56.4 Å². The summed E-state index contributed by atoms with van der Waals surface area (Å²) in [6.45, 7) is 2.23. The molecular formula is C31H33ClF2N8O4. The highest BCUT2D eigenvalue weighted by Gasteiger charge is 2.39. The lowest BCUT2D eigenvalue weighted by atomic mass is 9.81. The SMILES string of the molecule is O=C(Nc1ccc(Cl)cn1)C(=O)N[C@H]1CC[C@H](C(=O)N2CCCC2)C[C@H]1NC(=O)N1CCn2c(cnc2-c2cc(F)cc(F)c2)C1. The van der Waals surface area contributed by atoms with E-state index in [9.17, 15) is 28.0 Å². The number of amides is 5. The molecule has 46 heavy (non-hydrogen) atoms. The Labute approximate surface area is 268 Å². The minimum Gasteiger partial charge on any atom is -0.343 e. The van der Waals surface area contributed by atoms with Gasteiger partial charge in [-0.1, -0.05) is 11.6 Å². The summed E-state index contributed by atoms with van der Waals surface area (Å²) in [5.41, 5.74) is 0.983. The Hall–Kier alpha value is -4.59. The monoisotopic (exact) mass is 654 g/mol. The molecule has 2 aliphatic heterocycles. The second-order valence-electron chi connectivity index (χ2n) is 11.8. The maximum absolute atomic E-state index is 13.9. The molecule has 6 rings (SSSR count). The van der Waals surface area contributed by atoms with Crippen LogP contribution >= 0.6 is 11.6 Å². The van der Waals surface area contributed by atoms with Gasteiger partial charge in [0.05, 0.1) is 29.5 Å². The van der Waals surface area contributed by atoms with Crippen LogP contribution in [0.1, 0.15) is 37.8 Å². The van der Waals surface area contributed by atoms with Crippen LogP contribution < -0.4 is 16.0 Å². The van der Waals surface area contributed by atoms with Crippen LogP contribution in [0.2, 0.25) is 5.02 Å². The number of likely N-dealkylation sites (tertiary alicyclic amines) is 1. The molecule has 1 aliphatic carbocycles. The highest BCUT2D eigenvalue weighted by Crippen LogP contribution is 2.29. The van der Waals surface area contributed by atoms with Crippen LogP contribution in [0.3, 0.4) is 0 Å². The smallest absolute Gasteiger partial charge is 0.318 e. The van der Waals surface area contributed by atoms with Crippen LogP contribution in [0.25, 0.3) is 11.4 Å². The number of hydrogen-bond acceptors (Lipinski definition) is 6. The van der Waals surface area contributed by atoms with E-state index in [4.69, 9.17) is 11.6 Å². The molecule has 0 bridgehead atoms. The van der Waals surface area contributed by atoms with Crippen molar-refractivity contribution in [2.45, 2.75) is 57.3 Å². The van der Waals surface area contributed by atoms with Gasteiger partial charge in [-0.3, -0.25) is 14.4 Å². The van der Waals surface area contributed by atoms with E-state index in [0.717, 1.165) is 18.9 Å². The van der Waals surface area contributed by atoms with Crippen molar-refractivity contribution in [1.82, 2.24) is 35.0 Å². The fourth-order valence-electron chi connectivity index (χ4n) is 6.40. The van der Waals surface area contributed by atoms with E-state index in [2.05, 4.69) is 25.9 Å². The van der Waals surface area contributed by atoms with E-state index in [-0.39, 0.29) is 30.7 Å². The number of carbonyl (C=O) groups excluding carboxylic acids is 4. The molecule has 15 heteroatoms. The Kier molecular flexibility index (Phi) is 9.15. The first-order chi connectivity index (χ1) is 22.1. The van der Waals surface area contributed by atoms with E-state index in [0.29, 0.717) is 61.0 Å². The van der Waals surface area contributed by atoms with Crippen LogP contribution in [0.15, 0.2) is 42.7 Å². The number of halogens is 3. The van der Waals surface area contributed by atoms with E-state index >= 15 is 0 Å². The number of carbonyl (C=O) groups is 4. The third-order valence-corrected chi connectivity index (χ3v) is 8.93. The number of pyridine rings is 1. The quantitative estimate of drug-likeness (QED) is 0.361. The van der Waals surface area contributed by atoms with Crippen molar-refractivity contribution in [3.63, 3.8) is 0 Å². The maximum atomic E-state index is 13.9. The fourth-order valence-corrected chi connectivity index (χ4v) is 6.51. The Morgan fingerprint density at radius 1 is 0.826 bits per heavy atom. The number of nitrogens with zero attached hydrogens (tertiary/aromatic N) is 5. The molecule has 3 N–H and O–H groups in total. The number of hydrogen-bond donors (Lipinski definition) is 3. The van der Waals surface area contributed by atoms with Gasteiger partial charge in [0.15, 0.2) is 0 Å². The molecule has 3 aliphatic rings. The number of fused-ring (bicyclic) bond motifs is 1. The summed E-state index contributed by atoms with van der Waals surface area (Å²) in [4.78, 5) is 64.2. The van der Waals surface area contributed by atoms with Crippen molar-refractivity contribution in [2.24, 2.45) is 5.92 Å². The average Bonchev–Trinajstić information content (AvgIpc) is 3.72. The molecule has 1 saturated heterocycles. The molecular weight excluding hydrogens is 622 g/mol. The van der Waals surface area contributed by atoms with Gasteiger partial charge >= 0.3 is 17.8 Å². The van der Waals surface area contributed by atoms with E-state index in [1.807, 2.05) is 9.47 Å². The summed E-state index contributed by atoms with van der Waals surface area (Å²) in [6, 6.07) is 4.58. The number of benzene rings is 1. The largest absolute Gasteiger partial charge is 0.343 e. The summed E-state index contributed by atoms with van der Waals surface area (Å²) < 4.78 is 29.5. The standard InChI is InChI=1S/C31H33ClF2N8O4/c32-20-4-6-26(35-15-20)39-29(44)28(43)37-24-5-3-18(30(45)40-7-1-2-8-40)13-25(24)38-31(46)41-9-10-42-23(17-41)16-36-27(42)19-11-21(33)14-22(34)12-19/h4,6,11-12,14-16,18,24-25H,1-3,5,7-10,13,17H2,(H,37,43)(H,38,46)(H,35,39,44)/t18-,24-,25+/m0/s1. The highest BCUT2D eigenvalue weighted by molar-refractivity contribution is 6.39. The minimum atomic E-state index is -0.923. The van der Waals surface area contributed by atoms with Gasteiger partial charge in [0.25, 0.3) is 0 Å². The van der Waals surface area contributed by atoms with Crippen LogP contribution in [0.5, 0.6) is 0 Å². The topological polar surface area (TPSA) is 142 Å². The van der Waals surface area contributed by atoms with Crippen LogP contribution in [-0.2, 0) is 27.5 Å². The number of urea groups is 1. The summed E-state index contributed by atoms with van der Waals surface area (Å²) in [5.74, 6) is -2.97. The van der Waals surface area contributed by atoms with Crippen LogP contribution in [0.4, 0.5) is 19.4 Å². The third-order valence-electron chi connectivity index (χ3n) is 8.71. The zero-order valence-electron chi connectivity index (χ0n) is 24.8. The molecule has 1 aromatic carbocycles. The van der Waals surface area contributed by atoms with Crippen molar-refractivity contribution in [1.29, 1.82) is 0 Å². The number of imidazole rings is 1. The Bertz CT molecular complexity index is 1630. The first kappa shape index (κ1) is 31.4. The normalized spacial score (nSPS) is 21.0. The lowest BCUT2D eigenvalue weighted by Gasteiger charge is -2.39. The Morgan fingerprint density at radius 3 is 2.30 bits per heavy atom. The van der Waals surface area contributed by atoms with E-state index in [1.54, 1.807) is 11.1 Å². The Morgan fingerprint density at radius 2 is 1.59 bits per heavy atom. The number of anilines is 1. The van der Waals surface area contributed by atoms with Gasteiger partial charge in [-0.15, -0.1) is 0 Å². The van der Waals surface area contributed by atoms with Gasteiger partial charge in [0, 0.05) is 56.0 Å². The van der Waals surface area contributed by atoms with Gasteiger partial charge in [-0.25, -0.2) is 23.5 Å². The maximum Gasteiger partial charge on any atom is 0.318 e. The summed E-state index contributed by atoms with van der Waals surface area (Å²) in [5, 5.41) is 8.57. The molecule has 0 radical (unpaired) electrons. The molecule has 12 nitrogen and oxygen atoms in total. The molecule has 3 atom stereocenters. The second-order valence-corrected chi connectivity index (χ2v) is 12.2. The third kappa shape index (κ3) is 6.96. The summed E-state index contributed by atoms with van der Waals surface area (Å²) in [7, 11) is 0. The van der Waals surface area contributed by atoms with E-state index < -0.39 is 41.6 Å². The number of nitrogens with one attached hydrogen (secondary N) is 3. The average molecular weight is 655 g/mol. The molecule has 3 aromatic rings. The van der Waals surface area contributed by atoms with Gasteiger partial charge in [-0.2, -0.15) is 0 Å². The zero-order valence-corrected chi connectivity index (χ0v) is 25.6. The predicted octanol–water partition coefficient (Wildman–Crippen LogP) is 3.32. The van der Waals surface area contributed by atoms with Gasteiger partial charge in [0.2, 0.25) is 5.91 Å². The first-order valence-electron chi connectivity index (χ1n) is 15.2. The minimum absolute atomic E-state index is 0.0382.